The van der Waals surface area contributed by atoms with Crippen molar-refractivity contribution in [1.29, 1.82) is 0 Å². The molecule has 0 unspecified atom stereocenters. The number of aliphatic hydroxyl groups is 1. The maximum absolute atomic E-state index is 9.42. The van der Waals surface area contributed by atoms with Crippen molar-refractivity contribution in [3.05, 3.63) is 78.4 Å². The van der Waals surface area contributed by atoms with Crippen LogP contribution < -0.4 is 5.01 Å². The molecule has 0 aliphatic rings. The van der Waals surface area contributed by atoms with Crippen LogP contribution in [0.5, 0.6) is 0 Å². The molecule has 1 aromatic heterocycles. The summed E-state index contributed by atoms with van der Waals surface area (Å²) in [4.78, 5) is 0. The molecule has 0 saturated heterocycles. The molecule has 0 spiro atoms. The molecule has 0 radical (unpaired) electrons. The summed E-state index contributed by atoms with van der Waals surface area (Å²) >= 11 is 0. The number of para-hydroxylation sites is 2. The number of fused-ring (bicyclic) bond motifs is 3. The zero-order valence-corrected chi connectivity index (χ0v) is 14.7. The summed E-state index contributed by atoms with van der Waals surface area (Å²) in [6, 6.07) is 24.7. The number of hydrogen-bond acceptors (Lipinski definition) is 3. The van der Waals surface area contributed by atoms with E-state index in [0.717, 1.165) is 22.3 Å². The van der Waals surface area contributed by atoms with E-state index in [4.69, 9.17) is 0 Å². The Labute approximate surface area is 152 Å². The molecule has 4 heteroatoms. The molecule has 1 heterocycles. The third kappa shape index (κ3) is 2.95. The van der Waals surface area contributed by atoms with E-state index in [2.05, 4.69) is 46.1 Å². The lowest BCUT2D eigenvalue weighted by Gasteiger charge is -2.12. The number of benzene rings is 3. The van der Waals surface area contributed by atoms with Gasteiger partial charge in [-0.05, 0) is 35.9 Å². The van der Waals surface area contributed by atoms with E-state index in [1.807, 2.05) is 54.7 Å². The highest BCUT2D eigenvalue weighted by Crippen LogP contribution is 2.29. The molecule has 0 aliphatic carbocycles. The summed E-state index contributed by atoms with van der Waals surface area (Å²) in [7, 11) is 1.94. The monoisotopic (exact) mass is 343 g/mol. The fraction of sp³-hybridized carbons (Fsp3) is 0.136. The number of aliphatic hydroxyl groups excluding tert-OH is 1. The van der Waals surface area contributed by atoms with Crippen molar-refractivity contribution in [3.63, 3.8) is 0 Å². The van der Waals surface area contributed by atoms with Gasteiger partial charge in [0, 0.05) is 35.4 Å². The smallest absolute Gasteiger partial charge is 0.0610 e. The highest BCUT2D eigenvalue weighted by atomic mass is 16.3. The molecule has 4 rings (SSSR count). The maximum Gasteiger partial charge on any atom is 0.0610 e. The third-order valence-electron chi connectivity index (χ3n) is 4.63. The minimum Gasteiger partial charge on any atom is -0.395 e. The molecule has 1 N–H and O–H groups in total. The number of nitrogens with zero attached hydrogens (tertiary/aromatic N) is 3. The molecule has 130 valence electrons. The van der Waals surface area contributed by atoms with Crippen LogP contribution in [0.15, 0.2) is 77.9 Å². The van der Waals surface area contributed by atoms with Gasteiger partial charge in [0.15, 0.2) is 0 Å². The average Bonchev–Trinajstić information content (AvgIpc) is 3.01. The van der Waals surface area contributed by atoms with Gasteiger partial charge in [-0.2, -0.15) is 5.10 Å². The zero-order chi connectivity index (χ0) is 17.9. The van der Waals surface area contributed by atoms with Gasteiger partial charge in [-0.3, -0.25) is 5.01 Å². The van der Waals surface area contributed by atoms with Crippen molar-refractivity contribution in [2.45, 2.75) is 6.54 Å². The summed E-state index contributed by atoms with van der Waals surface area (Å²) < 4.78 is 2.17. The Balaban J connectivity index is 1.74. The standard InChI is InChI=1S/C22H21N3O/c1-24(18-7-3-2-4-8-18)23-16-17-11-12-22-20(15-17)19-9-5-6-10-21(19)25(22)13-14-26/h2-12,15-16,26H,13-14H2,1H3. The van der Waals surface area contributed by atoms with Gasteiger partial charge >= 0.3 is 0 Å². The average molecular weight is 343 g/mol. The van der Waals surface area contributed by atoms with E-state index in [9.17, 15) is 5.11 Å². The summed E-state index contributed by atoms with van der Waals surface area (Å²) in [5.74, 6) is 0. The predicted molar refractivity (Wildman–Crippen MR) is 109 cm³/mol. The largest absolute Gasteiger partial charge is 0.395 e. The van der Waals surface area contributed by atoms with Gasteiger partial charge in [0.2, 0.25) is 0 Å². The summed E-state index contributed by atoms with van der Waals surface area (Å²) in [5, 5.41) is 18.2. The second-order valence-corrected chi connectivity index (χ2v) is 6.27. The van der Waals surface area contributed by atoms with Crippen LogP contribution >= 0.6 is 0 Å². The van der Waals surface area contributed by atoms with Gasteiger partial charge in [-0.1, -0.05) is 42.5 Å². The molecule has 26 heavy (non-hydrogen) atoms. The van der Waals surface area contributed by atoms with Crippen molar-refractivity contribution in [3.8, 4) is 0 Å². The lowest BCUT2D eigenvalue weighted by Crippen LogP contribution is -2.08. The third-order valence-corrected chi connectivity index (χ3v) is 4.63. The normalized spacial score (nSPS) is 11.6. The Kier molecular flexibility index (Phi) is 4.42. The Morgan fingerprint density at radius 1 is 0.923 bits per heavy atom. The Bertz CT molecular complexity index is 1070. The first-order valence-electron chi connectivity index (χ1n) is 8.72. The molecular formula is C22H21N3O. The quantitative estimate of drug-likeness (QED) is 0.434. The van der Waals surface area contributed by atoms with Crippen molar-refractivity contribution >= 4 is 33.7 Å². The summed E-state index contributed by atoms with van der Waals surface area (Å²) in [5.41, 5.74) is 4.37. The number of anilines is 1. The van der Waals surface area contributed by atoms with Crippen molar-refractivity contribution in [1.82, 2.24) is 4.57 Å². The minimum atomic E-state index is 0.124. The molecule has 0 aliphatic heterocycles. The van der Waals surface area contributed by atoms with Crippen LogP contribution in [0, 0.1) is 0 Å². The SMILES string of the molecule is CN(N=Cc1ccc2c(c1)c1ccccc1n2CCO)c1ccccc1. The number of hydrogen-bond donors (Lipinski definition) is 1. The first-order valence-corrected chi connectivity index (χ1v) is 8.72. The summed E-state index contributed by atoms with van der Waals surface area (Å²) in [6.45, 7) is 0.715. The van der Waals surface area contributed by atoms with Gasteiger partial charge < -0.3 is 9.67 Å². The molecule has 0 amide bonds. The topological polar surface area (TPSA) is 40.8 Å². The Morgan fingerprint density at radius 3 is 2.46 bits per heavy atom. The maximum atomic E-state index is 9.42. The molecule has 0 bridgehead atoms. The highest BCUT2D eigenvalue weighted by molar-refractivity contribution is 6.09. The molecular weight excluding hydrogens is 322 g/mol. The van der Waals surface area contributed by atoms with E-state index in [1.165, 1.54) is 10.8 Å². The van der Waals surface area contributed by atoms with Crippen molar-refractivity contribution < 1.29 is 5.11 Å². The number of hydrazone groups is 1. The fourth-order valence-corrected chi connectivity index (χ4v) is 3.36. The van der Waals surface area contributed by atoms with Gasteiger partial charge in [0.1, 0.15) is 0 Å². The lowest BCUT2D eigenvalue weighted by molar-refractivity contribution is 0.280. The van der Waals surface area contributed by atoms with Crippen LogP contribution in [0.25, 0.3) is 21.8 Å². The molecule has 4 nitrogen and oxygen atoms in total. The van der Waals surface area contributed by atoms with Crippen LogP contribution in [0.2, 0.25) is 0 Å². The fourth-order valence-electron chi connectivity index (χ4n) is 3.36. The first-order chi connectivity index (χ1) is 12.8. The van der Waals surface area contributed by atoms with Crippen LogP contribution in [-0.4, -0.2) is 29.5 Å². The molecule has 4 aromatic rings. The van der Waals surface area contributed by atoms with E-state index in [1.54, 1.807) is 0 Å². The molecule has 3 aromatic carbocycles. The second-order valence-electron chi connectivity index (χ2n) is 6.27. The Hall–Kier alpha value is -3.11. The van der Waals surface area contributed by atoms with Crippen molar-refractivity contribution in [2.24, 2.45) is 5.10 Å². The van der Waals surface area contributed by atoms with E-state index in [-0.39, 0.29) is 6.61 Å². The highest BCUT2D eigenvalue weighted by Gasteiger charge is 2.10. The predicted octanol–water partition coefficient (Wildman–Crippen LogP) is 4.26. The van der Waals surface area contributed by atoms with Crippen LogP contribution in [0.4, 0.5) is 5.69 Å². The lowest BCUT2D eigenvalue weighted by atomic mass is 10.1. The van der Waals surface area contributed by atoms with E-state index < -0.39 is 0 Å². The summed E-state index contributed by atoms with van der Waals surface area (Å²) in [6.07, 6.45) is 1.88. The van der Waals surface area contributed by atoms with Crippen molar-refractivity contribution in [2.75, 3.05) is 18.7 Å². The van der Waals surface area contributed by atoms with Gasteiger partial charge in [-0.25, -0.2) is 0 Å². The van der Waals surface area contributed by atoms with Gasteiger partial charge in [0.25, 0.3) is 0 Å². The van der Waals surface area contributed by atoms with Crippen LogP contribution in [0.1, 0.15) is 5.56 Å². The number of rotatable bonds is 5. The zero-order valence-electron chi connectivity index (χ0n) is 14.7. The van der Waals surface area contributed by atoms with E-state index >= 15 is 0 Å². The van der Waals surface area contributed by atoms with Gasteiger partial charge in [-0.15, -0.1) is 0 Å². The van der Waals surface area contributed by atoms with Crippen LogP contribution in [-0.2, 0) is 6.54 Å². The minimum absolute atomic E-state index is 0.124. The Morgan fingerprint density at radius 2 is 1.65 bits per heavy atom. The molecule has 0 fully saturated rings. The van der Waals surface area contributed by atoms with Gasteiger partial charge in [0.05, 0.1) is 18.5 Å². The van der Waals surface area contributed by atoms with E-state index in [0.29, 0.717) is 6.54 Å². The number of aromatic nitrogens is 1. The first kappa shape index (κ1) is 16.4. The second kappa shape index (κ2) is 7.02. The molecule has 0 atom stereocenters. The van der Waals surface area contributed by atoms with Crippen LogP contribution in [0.3, 0.4) is 0 Å². The molecule has 0 saturated carbocycles.